The van der Waals surface area contributed by atoms with E-state index in [9.17, 15) is 4.79 Å². The molecule has 2 N–H and O–H groups in total. The Morgan fingerprint density at radius 3 is 3.10 bits per heavy atom. The van der Waals surface area contributed by atoms with Crippen LogP contribution in [0, 0.1) is 5.41 Å². The van der Waals surface area contributed by atoms with Crippen molar-refractivity contribution in [3.8, 4) is 5.75 Å². The number of carbonyl (C=O) groups is 1. The SMILES string of the molecule is CCC1(C(=O)NC2CCOc3ccccc32)CCCNC1. The van der Waals surface area contributed by atoms with Gasteiger partial charge >= 0.3 is 0 Å². The number of para-hydroxylation sites is 1. The van der Waals surface area contributed by atoms with Crippen LogP contribution in [0.25, 0.3) is 0 Å². The van der Waals surface area contributed by atoms with Gasteiger partial charge in [0.15, 0.2) is 0 Å². The van der Waals surface area contributed by atoms with Crippen molar-refractivity contribution >= 4 is 5.91 Å². The molecule has 1 saturated heterocycles. The summed E-state index contributed by atoms with van der Waals surface area (Å²) in [5.41, 5.74) is 0.859. The number of rotatable bonds is 3. The Bertz CT molecular complexity index is 509. The lowest BCUT2D eigenvalue weighted by Crippen LogP contribution is -2.51. The molecule has 21 heavy (non-hydrogen) atoms. The normalized spacial score (nSPS) is 28.3. The molecule has 0 saturated carbocycles. The van der Waals surface area contributed by atoms with Crippen molar-refractivity contribution in [1.82, 2.24) is 10.6 Å². The Labute approximate surface area is 126 Å². The minimum atomic E-state index is -0.245. The zero-order valence-corrected chi connectivity index (χ0v) is 12.7. The molecule has 4 nitrogen and oxygen atoms in total. The van der Waals surface area contributed by atoms with Gasteiger partial charge in [0.1, 0.15) is 5.75 Å². The predicted octanol–water partition coefficient (Wildman–Crippen LogP) is 2.41. The maximum Gasteiger partial charge on any atom is 0.227 e. The second-order valence-electron chi connectivity index (χ2n) is 6.12. The highest BCUT2D eigenvalue weighted by atomic mass is 16.5. The minimum Gasteiger partial charge on any atom is -0.493 e. The topological polar surface area (TPSA) is 50.4 Å². The highest BCUT2D eigenvalue weighted by molar-refractivity contribution is 5.83. The predicted molar refractivity (Wildman–Crippen MR) is 82.3 cm³/mol. The number of nitrogens with one attached hydrogen (secondary N) is 2. The molecule has 4 heteroatoms. The number of amides is 1. The third-order valence-corrected chi connectivity index (χ3v) is 4.89. The van der Waals surface area contributed by atoms with Crippen LogP contribution in [0.15, 0.2) is 24.3 Å². The summed E-state index contributed by atoms with van der Waals surface area (Å²) in [5, 5.41) is 6.66. The van der Waals surface area contributed by atoms with Gasteiger partial charge in [-0.15, -0.1) is 0 Å². The maximum absolute atomic E-state index is 12.8. The fourth-order valence-corrected chi connectivity index (χ4v) is 3.43. The molecule has 1 aromatic rings. The number of piperidine rings is 1. The van der Waals surface area contributed by atoms with E-state index in [2.05, 4.69) is 23.6 Å². The average molecular weight is 288 g/mol. The monoisotopic (exact) mass is 288 g/mol. The summed E-state index contributed by atoms with van der Waals surface area (Å²) in [5.74, 6) is 1.10. The van der Waals surface area contributed by atoms with Crippen LogP contribution in [0.3, 0.4) is 0 Å². The van der Waals surface area contributed by atoms with Gasteiger partial charge in [-0.3, -0.25) is 4.79 Å². The zero-order valence-electron chi connectivity index (χ0n) is 12.7. The van der Waals surface area contributed by atoms with E-state index in [0.29, 0.717) is 6.61 Å². The lowest BCUT2D eigenvalue weighted by atomic mass is 9.77. The Morgan fingerprint density at radius 1 is 1.48 bits per heavy atom. The number of carbonyl (C=O) groups excluding carboxylic acids is 1. The summed E-state index contributed by atoms with van der Waals surface area (Å²) in [7, 11) is 0. The van der Waals surface area contributed by atoms with Crippen molar-refractivity contribution in [2.45, 2.75) is 38.6 Å². The molecule has 2 unspecified atom stereocenters. The van der Waals surface area contributed by atoms with E-state index in [4.69, 9.17) is 4.74 Å². The molecule has 114 valence electrons. The number of ether oxygens (including phenoxy) is 1. The van der Waals surface area contributed by atoms with Crippen LogP contribution in [0.5, 0.6) is 5.75 Å². The van der Waals surface area contributed by atoms with E-state index in [-0.39, 0.29) is 17.4 Å². The van der Waals surface area contributed by atoms with Crippen LogP contribution in [-0.2, 0) is 4.79 Å². The number of fused-ring (bicyclic) bond motifs is 1. The highest BCUT2D eigenvalue weighted by Gasteiger charge is 2.39. The van der Waals surface area contributed by atoms with Gasteiger partial charge in [0.05, 0.1) is 18.1 Å². The Hall–Kier alpha value is -1.55. The molecule has 0 aromatic heterocycles. The van der Waals surface area contributed by atoms with Crippen LogP contribution >= 0.6 is 0 Å². The maximum atomic E-state index is 12.8. The molecule has 2 heterocycles. The molecule has 1 amide bonds. The highest BCUT2D eigenvalue weighted by Crippen LogP contribution is 2.35. The smallest absolute Gasteiger partial charge is 0.227 e. The molecule has 0 radical (unpaired) electrons. The van der Waals surface area contributed by atoms with E-state index in [1.165, 1.54) is 0 Å². The Balaban J connectivity index is 1.76. The molecule has 2 aliphatic rings. The fraction of sp³-hybridized carbons (Fsp3) is 0.588. The second kappa shape index (κ2) is 6.06. The summed E-state index contributed by atoms with van der Waals surface area (Å²) in [6.07, 6.45) is 3.78. The van der Waals surface area contributed by atoms with Crippen LogP contribution in [0.2, 0.25) is 0 Å². The lowest BCUT2D eigenvalue weighted by Gasteiger charge is -2.37. The summed E-state index contributed by atoms with van der Waals surface area (Å²) in [6.45, 7) is 4.60. The van der Waals surface area contributed by atoms with Gasteiger partial charge in [0.25, 0.3) is 0 Å². The first-order valence-electron chi connectivity index (χ1n) is 7.98. The first kappa shape index (κ1) is 14.4. The lowest BCUT2D eigenvalue weighted by molar-refractivity contribution is -0.133. The van der Waals surface area contributed by atoms with Gasteiger partial charge < -0.3 is 15.4 Å². The van der Waals surface area contributed by atoms with Crippen molar-refractivity contribution in [2.75, 3.05) is 19.7 Å². The Kier molecular flexibility index (Phi) is 4.15. The van der Waals surface area contributed by atoms with Gasteiger partial charge in [-0.1, -0.05) is 25.1 Å². The van der Waals surface area contributed by atoms with E-state index in [1.54, 1.807) is 0 Å². The van der Waals surface area contributed by atoms with Gasteiger partial charge in [0.2, 0.25) is 5.91 Å². The largest absolute Gasteiger partial charge is 0.493 e. The van der Waals surface area contributed by atoms with E-state index >= 15 is 0 Å². The number of hydrogen-bond acceptors (Lipinski definition) is 3. The van der Waals surface area contributed by atoms with Gasteiger partial charge in [0, 0.05) is 18.5 Å². The molecule has 2 atom stereocenters. The van der Waals surface area contributed by atoms with Crippen molar-refractivity contribution in [3.05, 3.63) is 29.8 Å². The molecule has 0 spiro atoms. The van der Waals surface area contributed by atoms with Gasteiger partial charge in [-0.25, -0.2) is 0 Å². The average Bonchev–Trinajstić information content (AvgIpc) is 2.56. The third kappa shape index (κ3) is 2.77. The molecule has 3 rings (SSSR count). The molecule has 0 bridgehead atoms. The van der Waals surface area contributed by atoms with Gasteiger partial charge in [-0.2, -0.15) is 0 Å². The summed E-state index contributed by atoms with van der Waals surface area (Å²) in [4.78, 5) is 12.8. The first-order valence-corrected chi connectivity index (χ1v) is 7.98. The summed E-state index contributed by atoms with van der Waals surface area (Å²) in [6, 6.07) is 8.09. The minimum absolute atomic E-state index is 0.0767. The van der Waals surface area contributed by atoms with E-state index in [0.717, 1.165) is 50.1 Å². The summed E-state index contributed by atoms with van der Waals surface area (Å²) < 4.78 is 5.67. The molecule has 0 aliphatic carbocycles. The van der Waals surface area contributed by atoms with E-state index in [1.807, 2.05) is 18.2 Å². The number of benzene rings is 1. The Morgan fingerprint density at radius 2 is 2.33 bits per heavy atom. The molecule has 2 aliphatic heterocycles. The number of hydrogen-bond donors (Lipinski definition) is 2. The van der Waals surface area contributed by atoms with Crippen molar-refractivity contribution in [1.29, 1.82) is 0 Å². The second-order valence-corrected chi connectivity index (χ2v) is 6.12. The van der Waals surface area contributed by atoms with Crippen LogP contribution in [0.1, 0.15) is 44.2 Å². The zero-order chi connectivity index (χ0) is 14.7. The quantitative estimate of drug-likeness (QED) is 0.898. The first-order chi connectivity index (χ1) is 10.2. The van der Waals surface area contributed by atoms with Crippen molar-refractivity contribution < 1.29 is 9.53 Å². The van der Waals surface area contributed by atoms with Crippen LogP contribution in [-0.4, -0.2) is 25.6 Å². The molecule has 1 aromatic carbocycles. The fourth-order valence-electron chi connectivity index (χ4n) is 3.43. The standard InChI is InChI=1S/C17H24N2O2/c1-2-17(9-5-10-18-12-17)16(20)19-14-8-11-21-15-7-4-3-6-13(14)15/h3-4,6-7,14,18H,2,5,8-12H2,1H3,(H,19,20). The molecule has 1 fully saturated rings. The van der Waals surface area contributed by atoms with Crippen LogP contribution in [0.4, 0.5) is 0 Å². The summed E-state index contributed by atoms with van der Waals surface area (Å²) >= 11 is 0. The van der Waals surface area contributed by atoms with Crippen molar-refractivity contribution in [2.24, 2.45) is 5.41 Å². The molecular formula is C17H24N2O2. The van der Waals surface area contributed by atoms with Gasteiger partial charge in [-0.05, 0) is 31.9 Å². The van der Waals surface area contributed by atoms with Crippen LogP contribution < -0.4 is 15.4 Å². The molecular weight excluding hydrogens is 264 g/mol. The van der Waals surface area contributed by atoms with E-state index < -0.39 is 0 Å². The van der Waals surface area contributed by atoms with Crippen molar-refractivity contribution in [3.63, 3.8) is 0 Å². The third-order valence-electron chi connectivity index (χ3n) is 4.89.